The molecule has 1 aliphatic rings. The Balaban J connectivity index is 1.38. The third-order valence-electron chi connectivity index (χ3n) is 5.89. The van der Waals surface area contributed by atoms with E-state index in [0.29, 0.717) is 41.8 Å². The highest BCUT2D eigenvalue weighted by Crippen LogP contribution is 2.29. The molecule has 1 aliphatic heterocycles. The molecule has 4 rings (SSSR count). The van der Waals surface area contributed by atoms with E-state index in [4.69, 9.17) is 11.6 Å². The Morgan fingerprint density at radius 1 is 1.23 bits per heavy atom. The predicted octanol–water partition coefficient (Wildman–Crippen LogP) is 5.63. The van der Waals surface area contributed by atoms with Gasteiger partial charge in [-0.2, -0.15) is 5.10 Å². The number of anilines is 2. The lowest BCUT2D eigenvalue weighted by Crippen LogP contribution is -2.41. The van der Waals surface area contributed by atoms with E-state index in [0.717, 1.165) is 25.1 Å². The van der Waals surface area contributed by atoms with E-state index in [9.17, 15) is 8.78 Å². The predicted molar refractivity (Wildman–Crippen MR) is 119 cm³/mol. The van der Waals surface area contributed by atoms with Crippen molar-refractivity contribution in [2.24, 2.45) is 5.92 Å². The molecule has 2 aromatic heterocycles. The van der Waals surface area contributed by atoms with Crippen molar-refractivity contribution >= 4 is 23.2 Å². The van der Waals surface area contributed by atoms with Gasteiger partial charge in [0.2, 0.25) is 0 Å². The fourth-order valence-electron chi connectivity index (χ4n) is 4.21. The first-order valence-corrected chi connectivity index (χ1v) is 10.9. The minimum Gasteiger partial charge on any atom is -0.323 e. The van der Waals surface area contributed by atoms with E-state index in [1.807, 2.05) is 13.0 Å². The van der Waals surface area contributed by atoms with Crippen molar-refractivity contribution in [2.75, 3.05) is 11.9 Å². The second-order valence-corrected chi connectivity index (χ2v) is 8.72. The van der Waals surface area contributed by atoms with Gasteiger partial charge in [-0.05, 0) is 63.8 Å². The van der Waals surface area contributed by atoms with Gasteiger partial charge in [0, 0.05) is 29.9 Å². The number of aryl methyl sites for hydroxylation is 1. The van der Waals surface area contributed by atoms with Crippen LogP contribution in [0.1, 0.15) is 36.7 Å². The number of piperidine rings is 1. The molecule has 0 radical (unpaired) electrons. The maximum atomic E-state index is 14.4. The second kappa shape index (κ2) is 9.32. The zero-order chi connectivity index (χ0) is 22.0. The van der Waals surface area contributed by atoms with Gasteiger partial charge in [-0.3, -0.25) is 10.00 Å². The summed E-state index contributed by atoms with van der Waals surface area (Å²) in [6.45, 7) is 5.39. The van der Waals surface area contributed by atoms with Gasteiger partial charge >= 0.3 is 0 Å². The van der Waals surface area contributed by atoms with Crippen LogP contribution in [0, 0.1) is 24.5 Å². The molecule has 1 fully saturated rings. The highest BCUT2D eigenvalue weighted by molar-refractivity contribution is 6.30. The topological polar surface area (TPSA) is 56.8 Å². The normalized spacial score (nSPS) is 19.5. The van der Waals surface area contributed by atoms with Crippen LogP contribution in [0.25, 0.3) is 0 Å². The van der Waals surface area contributed by atoms with Crippen LogP contribution in [0.5, 0.6) is 0 Å². The summed E-state index contributed by atoms with van der Waals surface area (Å²) in [5, 5.41) is 10.3. The Morgan fingerprint density at radius 2 is 2.06 bits per heavy atom. The zero-order valence-electron chi connectivity index (χ0n) is 17.6. The highest BCUT2D eigenvalue weighted by Gasteiger charge is 2.27. The van der Waals surface area contributed by atoms with Crippen molar-refractivity contribution in [3.8, 4) is 0 Å². The van der Waals surface area contributed by atoms with Crippen molar-refractivity contribution in [3.05, 3.63) is 70.0 Å². The number of aromatic amines is 1. The van der Waals surface area contributed by atoms with E-state index in [1.165, 1.54) is 6.07 Å². The van der Waals surface area contributed by atoms with E-state index < -0.39 is 0 Å². The van der Waals surface area contributed by atoms with E-state index >= 15 is 0 Å². The summed E-state index contributed by atoms with van der Waals surface area (Å²) in [6.07, 6.45) is 2.38. The van der Waals surface area contributed by atoms with Gasteiger partial charge in [0.05, 0.1) is 10.7 Å². The molecule has 0 aliphatic carbocycles. The third-order valence-corrected chi connectivity index (χ3v) is 6.18. The summed E-state index contributed by atoms with van der Waals surface area (Å²) in [4.78, 5) is 6.74. The average Bonchev–Trinajstić information content (AvgIpc) is 3.14. The van der Waals surface area contributed by atoms with E-state index in [2.05, 4.69) is 32.3 Å². The Morgan fingerprint density at radius 3 is 2.81 bits per heavy atom. The Bertz CT molecular complexity index is 1050. The van der Waals surface area contributed by atoms with Crippen LogP contribution in [0.4, 0.5) is 20.4 Å². The monoisotopic (exact) mass is 445 g/mol. The number of nitrogens with zero attached hydrogens (tertiary/aromatic N) is 3. The molecule has 3 aromatic rings. The molecule has 2 atom stereocenters. The smallest absolute Gasteiger partial charge is 0.153 e. The van der Waals surface area contributed by atoms with E-state index in [-0.39, 0.29) is 22.7 Å². The molecule has 0 spiro atoms. The minimum absolute atomic E-state index is 0.153. The Kier molecular flexibility index (Phi) is 6.53. The van der Waals surface area contributed by atoms with Crippen LogP contribution in [0.3, 0.4) is 0 Å². The van der Waals surface area contributed by atoms with Gasteiger partial charge in [0.1, 0.15) is 17.5 Å². The Hall–Kier alpha value is -2.51. The first-order valence-electron chi connectivity index (χ1n) is 10.5. The number of hydrogen-bond donors (Lipinski definition) is 2. The molecular weight excluding hydrogens is 420 g/mol. The zero-order valence-corrected chi connectivity index (χ0v) is 18.4. The standard InChI is InChI=1S/C23H26ClF2N5/c1-14-10-22(30-29-14)28-21-7-6-19(25)20(27-21)12-16-8-9-31(15(2)11-16)13-17-4-3-5-18(24)23(17)26/h3-7,10,15-16H,8-9,11-13H2,1-2H3,(H2,27,28,29,30)/t15-,16-/m1/s1. The molecule has 164 valence electrons. The van der Waals surface area contributed by atoms with Crippen molar-refractivity contribution in [1.29, 1.82) is 0 Å². The van der Waals surface area contributed by atoms with Crippen LogP contribution in [0.15, 0.2) is 36.4 Å². The molecule has 2 N–H and O–H groups in total. The van der Waals surface area contributed by atoms with Gasteiger partial charge in [-0.15, -0.1) is 0 Å². The van der Waals surface area contributed by atoms with Crippen molar-refractivity contribution in [1.82, 2.24) is 20.1 Å². The summed E-state index contributed by atoms with van der Waals surface area (Å²) < 4.78 is 28.7. The number of halogens is 3. The quantitative estimate of drug-likeness (QED) is 0.516. The largest absolute Gasteiger partial charge is 0.323 e. The summed E-state index contributed by atoms with van der Waals surface area (Å²) in [6, 6.07) is 10.3. The average molecular weight is 446 g/mol. The van der Waals surface area contributed by atoms with Gasteiger partial charge in [0.25, 0.3) is 0 Å². The van der Waals surface area contributed by atoms with Crippen molar-refractivity contribution in [2.45, 2.75) is 45.7 Å². The lowest BCUT2D eigenvalue weighted by molar-refractivity contribution is 0.113. The second-order valence-electron chi connectivity index (χ2n) is 8.31. The molecule has 0 saturated carbocycles. The molecule has 1 saturated heterocycles. The fourth-order valence-corrected chi connectivity index (χ4v) is 4.41. The van der Waals surface area contributed by atoms with Gasteiger partial charge in [-0.1, -0.05) is 23.7 Å². The fraction of sp³-hybridized carbons (Fsp3) is 0.391. The summed E-state index contributed by atoms with van der Waals surface area (Å²) in [5.74, 6) is 0.906. The molecule has 8 heteroatoms. The minimum atomic E-state index is -0.346. The number of aromatic nitrogens is 3. The molecule has 1 aromatic carbocycles. The lowest BCUT2D eigenvalue weighted by atomic mass is 9.87. The van der Waals surface area contributed by atoms with Crippen LogP contribution in [0.2, 0.25) is 5.02 Å². The summed E-state index contributed by atoms with van der Waals surface area (Å²) in [7, 11) is 0. The SMILES string of the molecule is Cc1cc(Nc2ccc(F)c(C[C@@H]3CCN(Cc4cccc(Cl)c4F)[C@H](C)C3)n2)n[nH]1. The molecule has 0 bridgehead atoms. The molecule has 0 unspecified atom stereocenters. The maximum Gasteiger partial charge on any atom is 0.153 e. The number of nitrogens with one attached hydrogen (secondary N) is 2. The summed E-state index contributed by atoms with van der Waals surface area (Å²) >= 11 is 5.91. The van der Waals surface area contributed by atoms with Crippen molar-refractivity contribution < 1.29 is 8.78 Å². The number of hydrogen-bond acceptors (Lipinski definition) is 4. The first kappa shape index (κ1) is 21.7. The van der Waals surface area contributed by atoms with Crippen LogP contribution < -0.4 is 5.32 Å². The first-order chi connectivity index (χ1) is 14.9. The van der Waals surface area contributed by atoms with Gasteiger partial charge in [-0.25, -0.2) is 13.8 Å². The van der Waals surface area contributed by atoms with Crippen LogP contribution in [-0.2, 0) is 13.0 Å². The summed E-state index contributed by atoms with van der Waals surface area (Å²) in [5.41, 5.74) is 2.00. The lowest BCUT2D eigenvalue weighted by Gasteiger charge is -2.37. The molecule has 5 nitrogen and oxygen atoms in total. The molecular formula is C23H26ClF2N5. The van der Waals surface area contributed by atoms with Crippen LogP contribution >= 0.6 is 11.6 Å². The molecule has 3 heterocycles. The maximum absolute atomic E-state index is 14.4. The van der Waals surface area contributed by atoms with Crippen LogP contribution in [-0.4, -0.2) is 32.7 Å². The highest BCUT2D eigenvalue weighted by atomic mass is 35.5. The third kappa shape index (κ3) is 5.22. The van der Waals surface area contributed by atoms with Gasteiger partial charge in [0.15, 0.2) is 5.82 Å². The number of likely N-dealkylation sites (tertiary alicyclic amines) is 1. The number of rotatable bonds is 6. The molecule has 31 heavy (non-hydrogen) atoms. The van der Waals surface area contributed by atoms with E-state index in [1.54, 1.807) is 24.3 Å². The number of H-pyrrole nitrogens is 1. The Labute approximate surface area is 185 Å². The van der Waals surface area contributed by atoms with Gasteiger partial charge < -0.3 is 5.32 Å². The van der Waals surface area contributed by atoms with Crippen molar-refractivity contribution in [3.63, 3.8) is 0 Å². The number of benzene rings is 1. The molecule has 0 amide bonds. The number of pyridine rings is 1.